The van der Waals surface area contributed by atoms with E-state index in [1.807, 2.05) is 0 Å². The normalized spacial score (nSPS) is 41.2. The van der Waals surface area contributed by atoms with Crippen molar-refractivity contribution in [2.24, 2.45) is 5.73 Å². The number of rotatable bonds is 2. The molecule has 0 amide bonds. The highest BCUT2D eigenvalue weighted by Crippen LogP contribution is 2.19. The second-order valence-electron chi connectivity index (χ2n) is 3.26. The van der Waals surface area contributed by atoms with E-state index in [1.54, 1.807) is 0 Å². The number of nitrogens with one attached hydrogen (secondary N) is 1. The first-order valence-electron chi connectivity index (χ1n) is 4.34. The van der Waals surface area contributed by atoms with Gasteiger partial charge in [-0.1, -0.05) is 0 Å². The fourth-order valence-corrected chi connectivity index (χ4v) is 1.48. The van der Waals surface area contributed by atoms with Gasteiger partial charge in [-0.25, -0.2) is 0 Å². The van der Waals surface area contributed by atoms with E-state index < -0.39 is 37.3 Å². The van der Waals surface area contributed by atoms with Crippen LogP contribution in [0.3, 0.4) is 0 Å². The van der Waals surface area contributed by atoms with Gasteiger partial charge in [-0.15, -0.1) is 0 Å². The van der Waals surface area contributed by atoms with E-state index in [-0.39, 0.29) is 5.11 Å². The van der Waals surface area contributed by atoms with Crippen LogP contribution < -0.4 is 11.1 Å². The summed E-state index contributed by atoms with van der Waals surface area (Å²) < 4.78 is 5.05. The number of ether oxygens (including phenoxy) is 1. The van der Waals surface area contributed by atoms with Gasteiger partial charge in [0.25, 0.3) is 0 Å². The molecule has 0 bridgehead atoms. The molecule has 0 aromatic heterocycles. The average Bonchev–Trinajstić information content (AvgIpc) is 2.18. The van der Waals surface area contributed by atoms with E-state index in [9.17, 15) is 15.3 Å². The summed E-state index contributed by atoms with van der Waals surface area (Å²) in [5, 5.41) is 39.4. The van der Waals surface area contributed by atoms with Crippen LogP contribution in [-0.2, 0) is 4.74 Å². The number of hydrogen-bond acceptors (Lipinski definition) is 6. The molecule has 0 spiro atoms. The van der Waals surface area contributed by atoms with Gasteiger partial charge in [0.1, 0.15) is 24.4 Å². The summed E-state index contributed by atoms with van der Waals surface area (Å²) in [5.41, 5.74) is 5.18. The molecular formula is C7H14N2O5S. The molecule has 1 aliphatic rings. The minimum absolute atomic E-state index is 0.112. The molecule has 1 rings (SSSR count). The molecule has 8 heteroatoms. The molecular weight excluding hydrogens is 224 g/mol. The van der Waals surface area contributed by atoms with Gasteiger partial charge < -0.3 is 36.2 Å². The first kappa shape index (κ1) is 12.6. The second kappa shape index (κ2) is 5.01. The third kappa shape index (κ3) is 2.74. The summed E-state index contributed by atoms with van der Waals surface area (Å²) in [4.78, 5) is 0. The van der Waals surface area contributed by atoms with E-state index in [4.69, 9.17) is 15.6 Å². The lowest BCUT2D eigenvalue weighted by Crippen LogP contribution is -2.63. The fourth-order valence-electron chi connectivity index (χ4n) is 1.36. The van der Waals surface area contributed by atoms with Crippen molar-refractivity contribution in [1.82, 2.24) is 5.32 Å². The van der Waals surface area contributed by atoms with Crippen molar-refractivity contribution in [3.63, 3.8) is 0 Å². The molecule has 1 saturated heterocycles. The standard InChI is InChI=1S/C7H14N2O5S/c8-7(15)9-6-5(13)4(12)3(11)2(1-10)14-6/h2-6,10-13H,1H2,(H3,8,9,15)/t2-,3+,4-,5-,6?/m1/s1. The molecule has 0 aliphatic carbocycles. The Morgan fingerprint density at radius 2 is 1.87 bits per heavy atom. The summed E-state index contributed by atoms with van der Waals surface area (Å²) >= 11 is 4.54. The zero-order chi connectivity index (χ0) is 11.6. The lowest BCUT2D eigenvalue weighted by Gasteiger charge is -2.40. The van der Waals surface area contributed by atoms with Gasteiger partial charge in [0, 0.05) is 0 Å². The molecule has 0 aromatic rings. The van der Waals surface area contributed by atoms with Gasteiger partial charge in [0.15, 0.2) is 11.3 Å². The third-order valence-electron chi connectivity index (χ3n) is 2.18. The molecule has 1 unspecified atom stereocenters. The molecule has 15 heavy (non-hydrogen) atoms. The predicted molar refractivity (Wildman–Crippen MR) is 53.7 cm³/mol. The monoisotopic (exact) mass is 238 g/mol. The molecule has 5 atom stereocenters. The van der Waals surface area contributed by atoms with Crippen molar-refractivity contribution < 1.29 is 25.2 Å². The summed E-state index contributed by atoms with van der Waals surface area (Å²) in [6.45, 7) is -0.486. The molecule has 1 heterocycles. The molecule has 7 nitrogen and oxygen atoms in total. The van der Waals surface area contributed by atoms with Crippen molar-refractivity contribution >= 4 is 17.3 Å². The first-order valence-corrected chi connectivity index (χ1v) is 4.74. The fraction of sp³-hybridized carbons (Fsp3) is 0.857. The lowest BCUT2D eigenvalue weighted by atomic mass is 9.98. The van der Waals surface area contributed by atoms with Gasteiger partial charge in [-0.05, 0) is 12.2 Å². The van der Waals surface area contributed by atoms with Crippen LogP contribution in [0.1, 0.15) is 0 Å². The zero-order valence-electron chi connectivity index (χ0n) is 7.78. The third-order valence-corrected chi connectivity index (χ3v) is 2.29. The number of thiocarbonyl (C=S) groups is 1. The Labute approximate surface area is 91.5 Å². The van der Waals surface area contributed by atoms with Gasteiger partial charge in [0.05, 0.1) is 6.61 Å². The summed E-state index contributed by atoms with van der Waals surface area (Å²) in [6, 6.07) is 0. The summed E-state index contributed by atoms with van der Waals surface area (Å²) in [5.74, 6) is 0. The van der Waals surface area contributed by atoms with Crippen LogP contribution in [0.2, 0.25) is 0 Å². The Hall–Kier alpha value is -0.510. The number of aliphatic hydroxyl groups is 4. The van der Waals surface area contributed by atoms with Gasteiger partial charge in [-0.2, -0.15) is 0 Å². The number of nitrogens with two attached hydrogens (primary N) is 1. The first-order chi connectivity index (χ1) is 6.97. The topological polar surface area (TPSA) is 128 Å². The average molecular weight is 238 g/mol. The minimum Gasteiger partial charge on any atom is -0.394 e. The molecule has 7 N–H and O–H groups in total. The highest BCUT2D eigenvalue weighted by Gasteiger charge is 2.43. The molecule has 88 valence electrons. The maximum Gasteiger partial charge on any atom is 0.165 e. The van der Waals surface area contributed by atoms with Crippen LogP contribution >= 0.6 is 12.2 Å². The Balaban J connectivity index is 2.69. The summed E-state index contributed by atoms with van der Waals surface area (Å²) in [7, 11) is 0. The highest BCUT2D eigenvalue weighted by atomic mass is 32.1. The van der Waals surface area contributed by atoms with Gasteiger partial charge in [-0.3, -0.25) is 0 Å². The molecule has 1 aliphatic heterocycles. The van der Waals surface area contributed by atoms with Crippen LogP contribution in [0.25, 0.3) is 0 Å². The van der Waals surface area contributed by atoms with Crippen molar-refractivity contribution in [1.29, 1.82) is 0 Å². The Morgan fingerprint density at radius 1 is 1.27 bits per heavy atom. The predicted octanol–water partition coefficient (Wildman–Crippen LogP) is -3.38. The maximum atomic E-state index is 9.48. The molecule has 0 radical (unpaired) electrons. The smallest absolute Gasteiger partial charge is 0.165 e. The zero-order valence-corrected chi connectivity index (χ0v) is 8.59. The Bertz CT molecular complexity index is 239. The van der Waals surface area contributed by atoms with Crippen LogP contribution in [0, 0.1) is 0 Å². The number of hydrogen-bond donors (Lipinski definition) is 6. The maximum absolute atomic E-state index is 9.48. The SMILES string of the molecule is NC(=S)NC1O[C@H](CO)[C@H](O)[C@@H](O)[C@H]1O. The molecule has 0 saturated carbocycles. The van der Waals surface area contributed by atoms with E-state index in [1.165, 1.54) is 0 Å². The van der Waals surface area contributed by atoms with Gasteiger partial charge in [0.2, 0.25) is 0 Å². The second-order valence-corrected chi connectivity index (χ2v) is 3.70. The minimum atomic E-state index is -1.43. The number of aliphatic hydroxyl groups excluding tert-OH is 4. The molecule has 1 fully saturated rings. The largest absolute Gasteiger partial charge is 0.394 e. The molecule has 0 aromatic carbocycles. The highest BCUT2D eigenvalue weighted by molar-refractivity contribution is 7.80. The van der Waals surface area contributed by atoms with Crippen molar-refractivity contribution in [2.45, 2.75) is 30.6 Å². The van der Waals surface area contributed by atoms with E-state index in [2.05, 4.69) is 17.5 Å². The van der Waals surface area contributed by atoms with Crippen molar-refractivity contribution in [3.8, 4) is 0 Å². The lowest BCUT2D eigenvalue weighted by molar-refractivity contribution is -0.232. The van der Waals surface area contributed by atoms with Crippen LogP contribution in [0.5, 0.6) is 0 Å². The summed E-state index contributed by atoms with van der Waals surface area (Å²) in [6.07, 6.45) is -6.19. The Kier molecular flexibility index (Phi) is 4.20. The van der Waals surface area contributed by atoms with E-state index in [0.29, 0.717) is 0 Å². The van der Waals surface area contributed by atoms with E-state index in [0.717, 1.165) is 0 Å². The quantitative estimate of drug-likeness (QED) is 0.275. The van der Waals surface area contributed by atoms with E-state index >= 15 is 0 Å². The van der Waals surface area contributed by atoms with Crippen molar-refractivity contribution in [3.05, 3.63) is 0 Å². The van der Waals surface area contributed by atoms with Gasteiger partial charge >= 0.3 is 0 Å². The van der Waals surface area contributed by atoms with Crippen LogP contribution in [0.4, 0.5) is 0 Å². The van der Waals surface area contributed by atoms with Crippen LogP contribution in [0.15, 0.2) is 0 Å². The van der Waals surface area contributed by atoms with Crippen molar-refractivity contribution in [2.75, 3.05) is 6.61 Å². The Morgan fingerprint density at radius 3 is 2.33 bits per heavy atom. The van der Waals surface area contributed by atoms with Crippen LogP contribution in [-0.4, -0.2) is 62.8 Å².